The predicted molar refractivity (Wildman–Crippen MR) is 93.3 cm³/mol. The number of carbonyl (C=O) groups excluding carboxylic acids is 1. The molecule has 25 heavy (non-hydrogen) atoms. The highest BCUT2D eigenvalue weighted by Crippen LogP contribution is 2.37. The van der Waals surface area contributed by atoms with Gasteiger partial charge in [0.1, 0.15) is 17.2 Å². The van der Waals surface area contributed by atoms with Gasteiger partial charge in [-0.2, -0.15) is 5.10 Å². The van der Waals surface area contributed by atoms with Crippen LogP contribution in [-0.4, -0.2) is 21.7 Å². The van der Waals surface area contributed by atoms with Crippen molar-refractivity contribution in [1.82, 2.24) is 5.01 Å². The Morgan fingerprint density at radius 1 is 1.04 bits per heavy atom. The van der Waals surface area contributed by atoms with Gasteiger partial charge in [0, 0.05) is 17.5 Å². The average molecular weight is 332 g/mol. The summed E-state index contributed by atoms with van der Waals surface area (Å²) in [5.74, 6) is 0.563. The predicted octanol–water partition coefficient (Wildman–Crippen LogP) is 3.98. The van der Waals surface area contributed by atoms with Crippen LogP contribution >= 0.6 is 0 Å². The van der Waals surface area contributed by atoms with Gasteiger partial charge >= 0.3 is 0 Å². The Kier molecular flexibility index (Phi) is 3.82. The quantitative estimate of drug-likeness (QED) is 0.789. The first kappa shape index (κ1) is 15.2. The molecule has 3 aromatic rings. The normalized spacial score (nSPS) is 16.7. The molecule has 0 radical (unpaired) electrons. The maximum atomic E-state index is 13.0. The van der Waals surface area contributed by atoms with Crippen LogP contribution in [0.1, 0.15) is 34.1 Å². The molecule has 0 fully saturated rings. The molecule has 1 aliphatic heterocycles. The summed E-state index contributed by atoms with van der Waals surface area (Å²) in [6, 6.07) is 19.2. The van der Waals surface area contributed by atoms with Crippen LogP contribution in [0.4, 0.5) is 0 Å². The Labute approximate surface area is 144 Å². The number of rotatable bonds is 3. The molecule has 0 saturated carbocycles. The molecule has 0 unspecified atom stereocenters. The molecule has 1 atom stereocenters. The molecular formula is C20H16N2O3. The van der Waals surface area contributed by atoms with Crippen LogP contribution in [-0.2, 0) is 0 Å². The lowest BCUT2D eigenvalue weighted by atomic mass is 9.99. The number of phenolic OH excluding ortho intramolecular Hbond substituents is 1. The van der Waals surface area contributed by atoms with Crippen LogP contribution in [0.25, 0.3) is 0 Å². The number of furan rings is 1. The first-order chi connectivity index (χ1) is 12.2. The Balaban J connectivity index is 1.75. The van der Waals surface area contributed by atoms with E-state index in [9.17, 15) is 9.90 Å². The van der Waals surface area contributed by atoms with Crippen molar-refractivity contribution in [1.29, 1.82) is 0 Å². The van der Waals surface area contributed by atoms with Gasteiger partial charge in [0.2, 0.25) is 0 Å². The SMILES string of the molecule is O=C(c1ccccc1)N1N=C(c2ccco2)C[C@H]1c1ccccc1O. The van der Waals surface area contributed by atoms with E-state index in [-0.39, 0.29) is 17.7 Å². The molecule has 5 heteroatoms. The second-order valence-corrected chi connectivity index (χ2v) is 5.82. The number of hydrogen-bond donors (Lipinski definition) is 1. The highest BCUT2D eigenvalue weighted by molar-refractivity contribution is 6.03. The molecule has 0 spiro atoms. The average Bonchev–Trinajstić information content (AvgIpc) is 3.32. The van der Waals surface area contributed by atoms with E-state index < -0.39 is 0 Å². The zero-order valence-electron chi connectivity index (χ0n) is 13.4. The first-order valence-corrected chi connectivity index (χ1v) is 8.02. The number of para-hydroxylation sites is 1. The minimum Gasteiger partial charge on any atom is -0.508 e. The van der Waals surface area contributed by atoms with Gasteiger partial charge < -0.3 is 9.52 Å². The highest BCUT2D eigenvalue weighted by atomic mass is 16.3. The van der Waals surface area contributed by atoms with Crippen molar-refractivity contribution in [3.63, 3.8) is 0 Å². The molecule has 1 aromatic heterocycles. The Morgan fingerprint density at radius 2 is 1.80 bits per heavy atom. The van der Waals surface area contributed by atoms with E-state index in [1.807, 2.05) is 36.4 Å². The molecule has 2 heterocycles. The van der Waals surface area contributed by atoms with E-state index >= 15 is 0 Å². The fourth-order valence-electron chi connectivity index (χ4n) is 3.01. The van der Waals surface area contributed by atoms with Crippen LogP contribution < -0.4 is 0 Å². The van der Waals surface area contributed by atoms with E-state index in [0.29, 0.717) is 29.0 Å². The standard InChI is InChI=1S/C20H16N2O3/c23-18-10-5-4-9-15(18)17-13-16(19-11-6-12-25-19)21-22(17)20(24)14-7-2-1-3-8-14/h1-12,17,23H,13H2/t17-/m0/s1. The summed E-state index contributed by atoms with van der Waals surface area (Å²) in [4.78, 5) is 13.0. The van der Waals surface area contributed by atoms with Crippen LogP contribution in [0, 0.1) is 0 Å². The van der Waals surface area contributed by atoms with Crippen LogP contribution in [0.15, 0.2) is 82.5 Å². The van der Waals surface area contributed by atoms with Gasteiger partial charge in [0.25, 0.3) is 5.91 Å². The summed E-state index contributed by atoms with van der Waals surface area (Å²) >= 11 is 0. The van der Waals surface area contributed by atoms with E-state index in [1.165, 1.54) is 5.01 Å². The Morgan fingerprint density at radius 3 is 2.52 bits per heavy atom. The van der Waals surface area contributed by atoms with Crippen LogP contribution in [0.3, 0.4) is 0 Å². The zero-order chi connectivity index (χ0) is 17.2. The molecule has 5 nitrogen and oxygen atoms in total. The van der Waals surface area contributed by atoms with Gasteiger partial charge in [-0.15, -0.1) is 0 Å². The number of amides is 1. The fraction of sp³-hybridized carbons (Fsp3) is 0.100. The lowest BCUT2D eigenvalue weighted by Gasteiger charge is -2.22. The minimum atomic E-state index is -0.381. The van der Waals surface area contributed by atoms with Crippen molar-refractivity contribution in [3.05, 3.63) is 89.9 Å². The van der Waals surface area contributed by atoms with E-state index in [4.69, 9.17) is 4.42 Å². The van der Waals surface area contributed by atoms with Gasteiger partial charge in [-0.05, 0) is 30.3 Å². The van der Waals surface area contributed by atoms with E-state index in [0.717, 1.165) is 0 Å². The molecule has 0 bridgehead atoms. The molecule has 0 aliphatic carbocycles. The second-order valence-electron chi connectivity index (χ2n) is 5.82. The van der Waals surface area contributed by atoms with Crippen LogP contribution in [0.2, 0.25) is 0 Å². The number of benzene rings is 2. The largest absolute Gasteiger partial charge is 0.508 e. The summed E-state index contributed by atoms with van der Waals surface area (Å²) in [6.07, 6.45) is 2.05. The number of nitrogens with zero attached hydrogens (tertiary/aromatic N) is 2. The van der Waals surface area contributed by atoms with Gasteiger partial charge in [-0.25, -0.2) is 5.01 Å². The van der Waals surface area contributed by atoms with Crippen molar-refractivity contribution in [3.8, 4) is 5.75 Å². The first-order valence-electron chi connectivity index (χ1n) is 8.02. The third-order valence-corrected chi connectivity index (χ3v) is 4.24. The maximum Gasteiger partial charge on any atom is 0.274 e. The highest BCUT2D eigenvalue weighted by Gasteiger charge is 2.35. The smallest absolute Gasteiger partial charge is 0.274 e. The number of hydrazone groups is 1. The molecule has 4 rings (SSSR count). The lowest BCUT2D eigenvalue weighted by molar-refractivity contribution is 0.0709. The summed E-state index contributed by atoms with van der Waals surface area (Å²) in [7, 11) is 0. The van der Waals surface area contributed by atoms with Crippen molar-refractivity contribution in [2.45, 2.75) is 12.5 Å². The summed E-state index contributed by atoms with van der Waals surface area (Å²) < 4.78 is 5.43. The number of carbonyl (C=O) groups is 1. The molecule has 124 valence electrons. The van der Waals surface area contributed by atoms with Crippen LogP contribution in [0.5, 0.6) is 5.75 Å². The molecule has 2 aromatic carbocycles. The van der Waals surface area contributed by atoms with Crippen molar-refractivity contribution >= 4 is 11.6 Å². The lowest BCUT2D eigenvalue weighted by Crippen LogP contribution is -2.27. The maximum absolute atomic E-state index is 13.0. The number of hydrogen-bond acceptors (Lipinski definition) is 4. The molecule has 0 saturated heterocycles. The van der Waals surface area contributed by atoms with Crippen molar-refractivity contribution < 1.29 is 14.3 Å². The molecule has 1 N–H and O–H groups in total. The Bertz CT molecular complexity index is 917. The summed E-state index contributed by atoms with van der Waals surface area (Å²) in [6.45, 7) is 0. The summed E-state index contributed by atoms with van der Waals surface area (Å²) in [5.41, 5.74) is 1.90. The second kappa shape index (κ2) is 6.28. The summed E-state index contributed by atoms with van der Waals surface area (Å²) in [5, 5.41) is 16.2. The van der Waals surface area contributed by atoms with Gasteiger partial charge in [-0.3, -0.25) is 4.79 Å². The van der Waals surface area contributed by atoms with Crippen molar-refractivity contribution in [2.75, 3.05) is 0 Å². The monoisotopic (exact) mass is 332 g/mol. The topological polar surface area (TPSA) is 66.0 Å². The third-order valence-electron chi connectivity index (χ3n) is 4.24. The molecular weight excluding hydrogens is 316 g/mol. The molecule has 1 aliphatic rings. The van der Waals surface area contributed by atoms with Crippen molar-refractivity contribution in [2.24, 2.45) is 5.10 Å². The third kappa shape index (κ3) is 2.80. The van der Waals surface area contributed by atoms with Gasteiger partial charge in [0.05, 0.1) is 12.3 Å². The fourth-order valence-corrected chi connectivity index (χ4v) is 3.01. The van der Waals surface area contributed by atoms with Gasteiger partial charge in [0.15, 0.2) is 0 Å². The Hall–Kier alpha value is -3.34. The minimum absolute atomic E-state index is 0.147. The van der Waals surface area contributed by atoms with E-state index in [1.54, 1.807) is 36.6 Å². The van der Waals surface area contributed by atoms with Gasteiger partial charge in [-0.1, -0.05) is 36.4 Å². The zero-order valence-corrected chi connectivity index (χ0v) is 13.4. The number of aromatic hydroxyl groups is 1. The number of phenols is 1. The molecule has 1 amide bonds. The van der Waals surface area contributed by atoms with E-state index in [2.05, 4.69) is 5.10 Å².